The fraction of sp³-hybridized carbons (Fsp3) is 0.727. The van der Waals surface area contributed by atoms with E-state index in [4.69, 9.17) is 24.0 Å². The number of methoxy groups -OCH3 is 1. The molecule has 150 valence electrons. The molecule has 3 aliphatic heterocycles. The van der Waals surface area contributed by atoms with Crippen LogP contribution in [0.4, 0.5) is 0 Å². The number of rotatable bonds is 6. The minimum Gasteiger partial charge on any atom is -0.377 e. The second-order valence-corrected chi connectivity index (χ2v) is 8.51. The van der Waals surface area contributed by atoms with Gasteiger partial charge in [0.2, 0.25) is 5.79 Å². The first kappa shape index (κ1) is 19.3. The van der Waals surface area contributed by atoms with E-state index in [1.807, 2.05) is 25.1 Å². The van der Waals surface area contributed by atoms with Crippen LogP contribution in [0.2, 0.25) is 0 Å². The highest BCUT2D eigenvalue weighted by Gasteiger charge is 2.65. The highest BCUT2D eigenvalue weighted by Crippen LogP contribution is 2.56. The SMILES string of the molecule is CO[C@H]1O[C@]2(C)OO[C@]13[C@H](CCOCc1ccccc1)CCC[C@@H]3C[C@@H]2C. The lowest BCUT2D eigenvalue weighted by Gasteiger charge is -2.53. The molecule has 0 aromatic heterocycles. The van der Waals surface area contributed by atoms with Crippen molar-refractivity contribution in [3.05, 3.63) is 35.9 Å². The summed E-state index contributed by atoms with van der Waals surface area (Å²) in [5, 5.41) is 0. The number of ether oxygens (including phenoxy) is 3. The summed E-state index contributed by atoms with van der Waals surface area (Å²) in [6.07, 6.45) is 4.99. The van der Waals surface area contributed by atoms with Gasteiger partial charge < -0.3 is 14.2 Å². The van der Waals surface area contributed by atoms with Crippen LogP contribution in [-0.4, -0.2) is 31.4 Å². The molecular formula is C22H32O5. The fourth-order valence-corrected chi connectivity index (χ4v) is 5.17. The summed E-state index contributed by atoms with van der Waals surface area (Å²) in [6.45, 7) is 5.48. The predicted octanol–water partition coefficient (Wildman–Crippen LogP) is 4.46. The maximum Gasteiger partial charge on any atom is 0.204 e. The number of hydrogen-bond acceptors (Lipinski definition) is 5. The minimum absolute atomic E-state index is 0.262. The van der Waals surface area contributed by atoms with Gasteiger partial charge >= 0.3 is 0 Å². The third-order valence-corrected chi connectivity index (χ3v) is 6.91. The molecule has 5 nitrogen and oxygen atoms in total. The first-order chi connectivity index (χ1) is 13.1. The molecule has 5 rings (SSSR count). The lowest BCUT2D eigenvalue weighted by molar-refractivity contribution is -0.560. The van der Waals surface area contributed by atoms with Crippen molar-refractivity contribution in [2.75, 3.05) is 13.7 Å². The van der Waals surface area contributed by atoms with Crippen LogP contribution in [-0.2, 0) is 30.6 Å². The summed E-state index contributed by atoms with van der Waals surface area (Å²) in [5.41, 5.74) is 0.666. The van der Waals surface area contributed by atoms with Crippen molar-refractivity contribution >= 4 is 0 Å². The van der Waals surface area contributed by atoms with Gasteiger partial charge in [0.1, 0.15) is 0 Å². The molecule has 2 bridgehead atoms. The highest BCUT2D eigenvalue weighted by molar-refractivity contribution is 5.13. The molecule has 1 aliphatic carbocycles. The standard InChI is InChI=1S/C22H32O5/c1-16-14-19-11-7-10-18(12-13-24-15-17-8-5-4-6-9-17)22(19)20(23-3)25-21(16,2)26-27-22/h4-6,8-9,16,18-20H,7,10-15H2,1-3H3/t16-,18-,19+,20-,21+,22-/m0/s1. The van der Waals surface area contributed by atoms with E-state index in [9.17, 15) is 0 Å². The molecular weight excluding hydrogens is 344 g/mol. The molecule has 4 fully saturated rings. The van der Waals surface area contributed by atoms with Gasteiger partial charge in [0.05, 0.1) is 6.61 Å². The van der Waals surface area contributed by atoms with Crippen molar-refractivity contribution in [1.82, 2.24) is 0 Å². The normalized spacial score (nSPS) is 41.1. The zero-order valence-electron chi connectivity index (χ0n) is 16.7. The largest absolute Gasteiger partial charge is 0.377 e. The van der Waals surface area contributed by atoms with Gasteiger partial charge in [0.15, 0.2) is 11.9 Å². The van der Waals surface area contributed by atoms with Crippen molar-refractivity contribution in [2.24, 2.45) is 17.8 Å². The van der Waals surface area contributed by atoms with E-state index in [0.29, 0.717) is 25.0 Å². The van der Waals surface area contributed by atoms with E-state index in [0.717, 1.165) is 25.7 Å². The minimum atomic E-state index is -0.738. The van der Waals surface area contributed by atoms with Crippen LogP contribution in [0.1, 0.15) is 51.5 Å². The van der Waals surface area contributed by atoms with Crippen LogP contribution in [0, 0.1) is 17.8 Å². The lowest BCUT2D eigenvalue weighted by Crippen LogP contribution is -2.63. The molecule has 1 spiro atoms. The molecule has 3 heterocycles. The molecule has 6 atom stereocenters. The third-order valence-electron chi connectivity index (χ3n) is 6.91. The van der Waals surface area contributed by atoms with Crippen molar-refractivity contribution in [1.29, 1.82) is 0 Å². The van der Waals surface area contributed by atoms with E-state index in [1.165, 1.54) is 12.0 Å². The van der Waals surface area contributed by atoms with Crippen molar-refractivity contribution in [3.63, 3.8) is 0 Å². The van der Waals surface area contributed by atoms with Crippen molar-refractivity contribution < 1.29 is 24.0 Å². The number of benzene rings is 1. The summed E-state index contributed by atoms with van der Waals surface area (Å²) in [5.74, 6) is 0.205. The number of hydrogen-bond donors (Lipinski definition) is 0. The smallest absolute Gasteiger partial charge is 0.204 e. The summed E-state index contributed by atoms with van der Waals surface area (Å²) >= 11 is 0. The molecule has 1 aromatic rings. The molecule has 0 unspecified atom stereocenters. The molecule has 4 aliphatic rings. The summed E-state index contributed by atoms with van der Waals surface area (Å²) in [7, 11) is 1.71. The van der Waals surface area contributed by atoms with Crippen LogP contribution in [0.3, 0.4) is 0 Å². The van der Waals surface area contributed by atoms with Gasteiger partial charge in [-0.2, -0.15) is 0 Å². The third kappa shape index (κ3) is 3.45. The highest BCUT2D eigenvalue weighted by atomic mass is 17.3. The lowest BCUT2D eigenvalue weighted by atomic mass is 9.65. The molecule has 0 radical (unpaired) electrons. The van der Waals surface area contributed by atoms with Crippen LogP contribution in [0.5, 0.6) is 0 Å². The Morgan fingerprint density at radius 2 is 1.96 bits per heavy atom. The van der Waals surface area contributed by atoms with Crippen LogP contribution < -0.4 is 0 Å². The Kier molecular flexibility index (Phi) is 5.59. The average molecular weight is 376 g/mol. The average Bonchev–Trinajstić information content (AvgIpc) is 2.86. The first-order valence-electron chi connectivity index (χ1n) is 10.3. The van der Waals surface area contributed by atoms with Gasteiger partial charge in [-0.3, -0.25) is 0 Å². The van der Waals surface area contributed by atoms with Gasteiger partial charge in [-0.1, -0.05) is 43.7 Å². The second kappa shape index (κ2) is 7.80. The van der Waals surface area contributed by atoms with E-state index in [-0.39, 0.29) is 5.92 Å². The van der Waals surface area contributed by atoms with Gasteiger partial charge in [-0.25, -0.2) is 9.78 Å². The van der Waals surface area contributed by atoms with E-state index < -0.39 is 17.7 Å². The molecule has 5 heteroatoms. The first-order valence-corrected chi connectivity index (χ1v) is 10.3. The van der Waals surface area contributed by atoms with E-state index in [1.54, 1.807) is 7.11 Å². The Bertz CT molecular complexity index is 618. The Labute approximate surface area is 162 Å². The second-order valence-electron chi connectivity index (χ2n) is 8.51. The van der Waals surface area contributed by atoms with Crippen LogP contribution >= 0.6 is 0 Å². The summed E-state index contributed by atoms with van der Waals surface area (Å²) in [4.78, 5) is 12.0. The fourth-order valence-electron chi connectivity index (χ4n) is 5.17. The Morgan fingerprint density at radius 3 is 2.74 bits per heavy atom. The van der Waals surface area contributed by atoms with Crippen LogP contribution in [0.25, 0.3) is 0 Å². The molecule has 1 saturated carbocycles. The summed E-state index contributed by atoms with van der Waals surface area (Å²) in [6, 6.07) is 10.3. The van der Waals surface area contributed by atoms with Gasteiger partial charge in [-0.05, 0) is 50.0 Å². The van der Waals surface area contributed by atoms with Gasteiger partial charge in [0.25, 0.3) is 0 Å². The van der Waals surface area contributed by atoms with Crippen molar-refractivity contribution in [2.45, 2.75) is 70.2 Å². The van der Waals surface area contributed by atoms with Gasteiger partial charge in [-0.15, -0.1) is 0 Å². The topological polar surface area (TPSA) is 46.2 Å². The Balaban J connectivity index is 1.46. The molecule has 3 saturated heterocycles. The maximum atomic E-state index is 6.32. The quantitative estimate of drug-likeness (QED) is 0.542. The monoisotopic (exact) mass is 376 g/mol. The van der Waals surface area contributed by atoms with E-state index >= 15 is 0 Å². The predicted molar refractivity (Wildman–Crippen MR) is 101 cm³/mol. The van der Waals surface area contributed by atoms with E-state index in [2.05, 4.69) is 19.1 Å². The van der Waals surface area contributed by atoms with Crippen LogP contribution in [0.15, 0.2) is 30.3 Å². The molecule has 27 heavy (non-hydrogen) atoms. The Morgan fingerprint density at radius 1 is 1.15 bits per heavy atom. The molecule has 1 aromatic carbocycles. The molecule has 0 N–H and O–H groups in total. The maximum absolute atomic E-state index is 6.32. The van der Waals surface area contributed by atoms with Crippen molar-refractivity contribution in [3.8, 4) is 0 Å². The number of fused-ring (bicyclic) bond motifs is 3. The Hall–Kier alpha value is -0.980. The zero-order valence-corrected chi connectivity index (χ0v) is 16.7. The molecule has 0 amide bonds. The zero-order chi connectivity index (χ0) is 18.9. The summed E-state index contributed by atoms with van der Waals surface area (Å²) < 4.78 is 18.1. The van der Waals surface area contributed by atoms with Gasteiger partial charge in [0, 0.05) is 19.6 Å².